The van der Waals surface area contributed by atoms with Crippen LogP contribution < -0.4 is 0 Å². The van der Waals surface area contributed by atoms with E-state index >= 15 is 0 Å². The molecule has 32 heavy (non-hydrogen) atoms. The van der Waals surface area contributed by atoms with E-state index in [4.69, 9.17) is 0 Å². The van der Waals surface area contributed by atoms with Crippen molar-refractivity contribution in [1.29, 1.82) is 0 Å². The monoisotopic (exact) mass is 421 g/mol. The van der Waals surface area contributed by atoms with E-state index in [1.165, 1.54) is 5.56 Å². The predicted molar refractivity (Wildman–Crippen MR) is 128 cm³/mol. The van der Waals surface area contributed by atoms with E-state index in [0.717, 1.165) is 38.9 Å². The molecular weight excluding hydrogens is 394 g/mol. The molecule has 0 radical (unpaired) electrons. The first-order valence-electron chi connectivity index (χ1n) is 11.1. The Hall–Kier alpha value is -3.46. The third-order valence-corrected chi connectivity index (χ3v) is 7.23. The lowest BCUT2D eigenvalue weighted by Crippen LogP contribution is -2.62. The summed E-state index contributed by atoms with van der Waals surface area (Å²) in [5.41, 5.74) is 6.05. The zero-order valence-electron chi connectivity index (χ0n) is 18.9. The summed E-state index contributed by atoms with van der Waals surface area (Å²) in [5, 5.41) is 1.13. The molecule has 0 bridgehead atoms. The molecule has 0 aliphatic heterocycles. The zero-order chi connectivity index (χ0) is 22.6. The first-order valence-corrected chi connectivity index (χ1v) is 11.1. The number of ketones is 2. The van der Waals surface area contributed by atoms with Crippen LogP contribution in [0.1, 0.15) is 46.4 Å². The number of hydrogen-bond donors (Lipinski definition) is 1. The Kier molecular flexibility index (Phi) is 4.67. The number of aromatic nitrogens is 1. The van der Waals surface area contributed by atoms with Crippen molar-refractivity contribution in [3.63, 3.8) is 0 Å². The van der Waals surface area contributed by atoms with Gasteiger partial charge in [0.15, 0.2) is 11.6 Å². The van der Waals surface area contributed by atoms with Crippen LogP contribution in [0, 0.1) is 26.7 Å². The van der Waals surface area contributed by atoms with Crippen molar-refractivity contribution < 1.29 is 9.59 Å². The summed E-state index contributed by atoms with van der Waals surface area (Å²) < 4.78 is 0. The average Bonchev–Trinajstić information content (AvgIpc) is 3.12. The molecule has 1 N–H and O–H groups in total. The molecule has 1 fully saturated rings. The van der Waals surface area contributed by atoms with Crippen molar-refractivity contribution in [2.24, 2.45) is 5.92 Å². The van der Waals surface area contributed by atoms with Crippen LogP contribution in [0.3, 0.4) is 0 Å². The number of rotatable bonds is 4. The highest BCUT2D eigenvalue weighted by atomic mass is 16.2. The topological polar surface area (TPSA) is 49.9 Å². The van der Waals surface area contributed by atoms with Crippen molar-refractivity contribution in [3.8, 4) is 0 Å². The van der Waals surface area contributed by atoms with E-state index in [-0.39, 0.29) is 17.5 Å². The number of H-pyrrole nitrogens is 1. The number of hydrogen-bond acceptors (Lipinski definition) is 2. The van der Waals surface area contributed by atoms with Gasteiger partial charge >= 0.3 is 0 Å². The molecular formula is C29H27NO2. The molecule has 4 aromatic rings. The van der Waals surface area contributed by atoms with E-state index in [2.05, 4.69) is 37.0 Å². The van der Waals surface area contributed by atoms with E-state index < -0.39 is 11.3 Å². The average molecular weight is 422 g/mol. The summed E-state index contributed by atoms with van der Waals surface area (Å²) in [6, 6.07) is 24.0. The van der Waals surface area contributed by atoms with Crippen molar-refractivity contribution in [2.75, 3.05) is 0 Å². The minimum Gasteiger partial charge on any atom is -0.358 e. The van der Waals surface area contributed by atoms with Gasteiger partial charge in [0.05, 0.1) is 5.92 Å². The van der Waals surface area contributed by atoms with Crippen molar-refractivity contribution >= 4 is 22.5 Å². The van der Waals surface area contributed by atoms with Crippen LogP contribution in [-0.4, -0.2) is 16.6 Å². The number of aryl methyl sites for hydroxylation is 3. The third-order valence-electron chi connectivity index (χ3n) is 7.23. The number of aromatic amines is 1. The first kappa shape index (κ1) is 20.4. The predicted octanol–water partition coefficient (Wildman–Crippen LogP) is 5.95. The molecule has 3 heteroatoms. The van der Waals surface area contributed by atoms with E-state index in [0.29, 0.717) is 0 Å². The Morgan fingerprint density at radius 2 is 1.44 bits per heavy atom. The summed E-state index contributed by atoms with van der Waals surface area (Å²) in [5.74, 6) is -1.04. The van der Waals surface area contributed by atoms with Crippen molar-refractivity contribution in [3.05, 3.63) is 106 Å². The van der Waals surface area contributed by atoms with Gasteiger partial charge in [-0.2, -0.15) is 0 Å². The minimum absolute atomic E-state index is 0.00515. The first-order chi connectivity index (χ1) is 15.3. The van der Waals surface area contributed by atoms with Crippen LogP contribution in [0.15, 0.2) is 72.8 Å². The summed E-state index contributed by atoms with van der Waals surface area (Å²) >= 11 is 0. The van der Waals surface area contributed by atoms with Crippen molar-refractivity contribution in [1.82, 2.24) is 4.98 Å². The molecule has 0 saturated heterocycles. The van der Waals surface area contributed by atoms with E-state index in [9.17, 15) is 9.59 Å². The normalized spacial score (nSPS) is 21.6. The highest BCUT2D eigenvalue weighted by molar-refractivity contribution is 6.32. The SMILES string of the molecule is Cc1ccc(C2(C)C(=O)C(C(c3ccccc3)c3[nH]c4cc(C)ccc4c3C)C2=O)cc1. The van der Waals surface area contributed by atoms with Gasteiger partial charge in [-0.25, -0.2) is 0 Å². The number of carbonyl (C=O) groups is 2. The standard InChI is InChI=1S/C29H27NO2/c1-17-10-13-21(14-11-17)29(4)27(31)25(28(29)32)24(20-8-6-5-7-9-20)26-19(3)22-15-12-18(2)16-23(22)30-26/h5-16,24-25,30H,1-4H3. The van der Waals surface area contributed by atoms with Gasteiger partial charge in [-0.05, 0) is 56.0 Å². The van der Waals surface area contributed by atoms with Crippen LogP contribution >= 0.6 is 0 Å². The summed E-state index contributed by atoms with van der Waals surface area (Å²) in [6.45, 7) is 7.93. The summed E-state index contributed by atoms with van der Waals surface area (Å²) in [7, 11) is 0. The number of nitrogens with one attached hydrogen (secondary N) is 1. The molecule has 1 aliphatic carbocycles. The number of Topliss-reactive ketones (excluding diaryl/α,β-unsaturated/α-hetero) is 2. The van der Waals surface area contributed by atoms with E-state index in [1.54, 1.807) is 6.92 Å². The minimum atomic E-state index is -1.08. The van der Waals surface area contributed by atoms with Gasteiger partial charge < -0.3 is 4.98 Å². The lowest BCUT2D eigenvalue weighted by Gasteiger charge is -2.45. The molecule has 0 amide bonds. The Labute approximate surface area is 188 Å². The van der Waals surface area contributed by atoms with Crippen LogP contribution in [0.4, 0.5) is 0 Å². The molecule has 3 nitrogen and oxygen atoms in total. The number of fused-ring (bicyclic) bond motifs is 1. The van der Waals surface area contributed by atoms with E-state index in [1.807, 2.05) is 61.5 Å². The highest BCUT2D eigenvalue weighted by Crippen LogP contribution is 2.50. The Morgan fingerprint density at radius 1 is 0.812 bits per heavy atom. The second-order valence-electron chi connectivity index (χ2n) is 9.30. The zero-order valence-corrected chi connectivity index (χ0v) is 18.9. The fourth-order valence-corrected chi connectivity index (χ4v) is 5.23. The quantitative estimate of drug-likeness (QED) is 0.414. The van der Waals surface area contributed by atoms with Gasteiger partial charge in [-0.1, -0.05) is 72.3 Å². The Bertz CT molecular complexity index is 1330. The lowest BCUT2D eigenvalue weighted by atomic mass is 9.53. The second-order valence-corrected chi connectivity index (χ2v) is 9.30. The van der Waals surface area contributed by atoms with Gasteiger partial charge in [0.2, 0.25) is 0 Å². The van der Waals surface area contributed by atoms with Crippen LogP contribution in [0.5, 0.6) is 0 Å². The van der Waals surface area contributed by atoms with Gasteiger partial charge in [0.25, 0.3) is 0 Å². The molecule has 1 saturated carbocycles. The fraction of sp³-hybridized carbons (Fsp3) is 0.241. The van der Waals surface area contributed by atoms with Crippen molar-refractivity contribution in [2.45, 2.75) is 39.0 Å². The Balaban J connectivity index is 1.64. The molecule has 5 rings (SSSR count). The van der Waals surface area contributed by atoms with Gasteiger partial charge in [-0.15, -0.1) is 0 Å². The maximum absolute atomic E-state index is 13.7. The Morgan fingerprint density at radius 3 is 2.09 bits per heavy atom. The van der Waals surface area contributed by atoms with Crippen LogP contribution in [0.2, 0.25) is 0 Å². The number of benzene rings is 3. The van der Waals surface area contributed by atoms with Gasteiger partial charge in [0.1, 0.15) is 5.41 Å². The molecule has 1 heterocycles. The molecule has 160 valence electrons. The van der Waals surface area contributed by atoms with Crippen LogP contribution in [0.25, 0.3) is 10.9 Å². The second kappa shape index (κ2) is 7.30. The smallest absolute Gasteiger partial charge is 0.162 e. The maximum Gasteiger partial charge on any atom is 0.162 e. The summed E-state index contributed by atoms with van der Waals surface area (Å²) in [4.78, 5) is 31.0. The largest absolute Gasteiger partial charge is 0.358 e. The molecule has 1 atom stereocenters. The van der Waals surface area contributed by atoms with Gasteiger partial charge in [0, 0.05) is 22.5 Å². The molecule has 3 aromatic carbocycles. The molecule has 1 unspecified atom stereocenters. The fourth-order valence-electron chi connectivity index (χ4n) is 5.23. The maximum atomic E-state index is 13.7. The summed E-state index contributed by atoms with van der Waals surface area (Å²) in [6.07, 6.45) is 0. The van der Waals surface area contributed by atoms with Gasteiger partial charge in [-0.3, -0.25) is 9.59 Å². The molecule has 1 aliphatic rings. The highest BCUT2D eigenvalue weighted by Gasteiger charge is 2.62. The molecule has 0 spiro atoms. The number of carbonyl (C=O) groups excluding carboxylic acids is 2. The lowest BCUT2D eigenvalue weighted by molar-refractivity contribution is -0.153. The third kappa shape index (κ3) is 2.88. The molecule has 1 aromatic heterocycles. The van der Waals surface area contributed by atoms with Crippen LogP contribution in [-0.2, 0) is 15.0 Å².